The Hall–Kier alpha value is -0.889. The van der Waals surface area contributed by atoms with Crippen molar-refractivity contribution in [2.24, 2.45) is 5.73 Å². The smallest absolute Gasteiger partial charge is 0.267 e. The number of hydrogen-bond donors (Lipinski definition) is 1. The Labute approximate surface area is 241 Å². The van der Waals surface area contributed by atoms with E-state index in [1.54, 1.807) is 12.1 Å². The van der Waals surface area contributed by atoms with Gasteiger partial charge in [0, 0.05) is 0 Å². The maximum atomic E-state index is 12.0. The zero-order valence-electron chi connectivity index (χ0n) is 27.3. The van der Waals surface area contributed by atoms with E-state index in [-0.39, 0.29) is 33.0 Å². The van der Waals surface area contributed by atoms with Gasteiger partial charge in [0.1, 0.15) is 30.1 Å². The monoisotopic (exact) mass is 596 g/mol. The second-order valence-electron chi connectivity index (χ2n) is 15.7. The van der Waals surface area contributed by atoms with Crippen molar-refractivity contribution in [3.05, 3.63) is 29.6 Å². The van der Waals surface area contributed by atoms with Crippen molar-refractivity contribution >= 4 is 30.9 Å². The van der Waals surface area contributed by atoms with Crippen LogP contribution in [0.1, 0.15) is 84.6 Å². The first kappa shape index (κ1) is 34.3. The fourth-order valence-corrected chi connectivity index (χ4v) is 7.28. The summed E-state index contributed by atoms with van der Waals surface area (Å²) in [4.78, 5) is 16.6. The highest BCUT2D eigenvalue weighted by Crippen LogP contribution is 2.47. The fourth-order valence-electron chi connectivity index (χ4n) is 3.66. The van der Waals surface area contributed by atoms with Gasteiger partial charge in [-0.25, -0.2) is 4.98 Å². The van der Waals surface area contributed by atoms with Crippen molar-refractivity contribution in [2.45, 2.75) is 141 Å². The number of pyridine rings is 1. The Morgan fingerprint density at radius 2 is 1.28 bits per heavy atom. The molecule has 0 aliphatic carbocycles. The number of rotatable bonds is 9. The third-order valence-electron chi connectivity index (χ3n) is 9.51. The molecule has 1 aliphatic rings. The Morgan fingerprint density at radius 3 is 1.72 bits per heavy atom. The van der Waals surface area contributed by atoms with Crippen molar-refractivity contribution in [1.29, 1.82) is 0 Å². The zero-order valence-corrected chi connectivity index (χ0v) is 30.3. The average molecular weight is 597 g/mol. The van der Waals surface area contributed by atoms with Crippen LogP contribution in [0, 0.1) is 0 Å². The number of nitrogens with zero attached hydrogens (tertiary/aromatic N) is 1. The molecule has 0 spiro atoms. The van der Waals surface area contributed by atoms with Crippen molar-refractivity contribution in [2.75, 3.05) is 6.61 Å². The molecule has 1 aromatic rings. The van der Waals surface area contributed by atoms with Gasteiger partial charge in [0.15, 0.2) is 25.0 Å². The lowest BCUT2D eigenvalue weighted by Gasteiger charge is -2.44. The number of carbonyl (C=O) groups is 1. The minimum absolute atomic E-state index is 0.00157. The number of primary amides is 1. The summed E-state index contributed by atoms with van der Waals surface area (Å²) in [5.41, 5.74) is 6.44. The van der Waals surface area contributed by atoms with Crippen LogP contribution < -0.4 is 5.73 Å². The molecule has 2 rings (SSSR count). The molecule has 10 heteroatoms. The molecule has 0 saturated carbocycles. The van der Waals surface area contributed by atoms with E-state index in [0.29, 0.717) is 12.3 Å². The predicted molar refractivity (Wildman–Crippen MR) is 168 cm³/mol. The van der Waals surface area contributed by atoms with Crippen LogP contribution in [0.4, 0.5) is 0 Å². The van der Waals surface area contributed by atoms with Gasteiger partial charge >= 0.3 is 0 Å². The SMILES string of the molecule is CC(C)(C)[Si](C)(C)OC[C@H]1O[C@@H](c2cccc(C(N)=O)n2)[C@H](O[Si](C)(C)C(C)(C)C)[C@@H]1O[Si](C)(C)C(C)(C)C. The molecule has 1 aliphatic heterocycles. The predicted octanol–water partition coefficient (Wildman–Crippen LogP) is 7.42. The summed E-state index contributed by atoms with van der Waals surface area (Å²) in [7, 11) is -6.54. The van der Waals surface area contributed by atoms with Crippen LogP contribution in [0.25, 0.3) is 0 Å². The first-order valence-corrected chi connectivity index (χ1v) is 22.9. The molecule has 224 valence electrons. The summed E-state index contributed by atoms with van der Waals surface area (Å²) in [5.74, 6) is -0.566. The molecule has 1 saturated heterocycles. The normalized spacial score (nSPS) is 23.8. The highest BCUT2D eigenvalue weighted by atomic mass is 28.4. The topological polar surface area (TPSA) is 92.9 Å². The number of hydrogen-bond acceptors (Lipinski definition) is 6. The van der Waals surface area contributed by atoms with Crippen LogP contribution in [0.15, 0.2) is 18.2 Å². The van der Waals surface area contributed by atoms with Crippen LogP contribution in [-0.2, 0) is 18.0 Å². The summed E-state index contributed by atoms with van der Waals surface area (Å²) >= 11 is 0. The molecule has 2 heterocycles. The molecule has 39 heavy (non-hydrogen) atoms. The molecule has 1 fully saturated rings. The molecular formula is C29H56N2O5Si3. The summed E-state index contributed by atoms with van der Waals surface area (Å²) in [6, 6.07) is 5.32. The second-order valence-corrected chi connectivity index (χ2v) is 30.0. The molecule has 4 atom stereocenters. The van der Waals surface area contributed by atoms with Gasteiger partial charge in [0.25, 0.3) is 5.91 Å². The number of amides is 1. The van der Waals surface area contributed by atoms with Crippen LogP contribution in [0.2, 0.25) is 54.4 Å². The van der Waals surface area contributed by atoms with Gasteiger partial charge in [0.05, 0.1) is 12.3 Å². The molecule has 0 radical (unpaired) electrons. The van der Waals surface area contributed by atoms with E-state index in [0.717, 1.165) is 0 Å². The average Bonchev–Trinajstić information content (AvgIpc) is 3.06. The van der Waals surface area contributed by atoms with Gasteiger partial charge in [-0.2, -0.15) is 0 Å². The lowest BCUT2D eigenvalue weighted by molar-refractivity contribution is -0.0186. The Morgan fingerprint density at radius 1 is 0.821 bits per heavy atom. The minimum atomic E-state index is -2.26. The number of nitrogens with two attached hydrogens (primary N) is 1. The summed E-state index contributed by atoms with van der Waals surface area (Å²) < 4.78 is 27.8. The fraction of sp³-hybridized carbons (Fsp3) is 0.793. The summed E-state index contributed by atoms with van der Waals surface area (Å²) in [6.45, 7) is 34.1. The zero-order chi connectivity index (χ0) is 30.4. The van der Waals surface area contributed by atoms with Crippen LogP contribution in [-0.4, -0.2) is 60.8 Å². The first-order chi connectivity index (χ1) is 17.3. The van der Waals surface area contributed by atoms with Gasteiger partial charge in [-0.05, 0) is 66.5 Å². The number of carbonyl (C=O) groups excluding carboxylic acids is 1. The standard InChI is InChI=1S/C29H56N2O5Si3/c1-27(2,3)37(10,11)33-19-22-24(35-38(12,13)28(4,5)6)25(36-39(14,15)29(7,8)9)23(34-22)20-17-16-18-21(31-20)26(30)32/h16-18,22-25H,19H2,1-15H3,(H2,30,32)/t22-,23+,24-,25+/m1/s1. The second kappa shape index (κ2) is 11.4. The molecule has 0 unspecified atom stereocenters. The van der Waals surface area contributed by atoms with Gasteiger partial charge in [0.2, 0.25) is 0 Å². The number of ether oxygens (including phenoxy) is 1. The molecular weight excluding hydrogens is 541 g/mol. The summed E-state index contributed by atoms with van der Waals surface area (Å²) in [5, 5.41) is 0.0497. The number of aromatic nitrogens is 1. The van der Waals surface area contributed by atoms with Crippen molar-refractivity contribution in [3.63, 3.8) is 0 Å². The highest BCUT2D eigenvalue weighted by molar-refractivity contribution is 6.75. The third-order valence-corrected chi connectivity index (χ3v) is 23.0. The maximum absolute atomic E-state index is 12.0. The van der Waals surface area contributed by atoms with E-state index in [1.807, 2.05) is 6.07 Å². The van der Waals surface area contributed by atoms with Crippen LogP contribution >= 0.6 is 0 Å². The van der Waals surface area contributed by atoms with E-state index in [4.69, 9.17) is 23.7 Å². The molecule has 1 aromatic heterocycles. The molecule has 1 amide bonds. The van der Waals surface area contributed by atoms with E-state index in [1.165, 1.54) is 0 Å². The van der Waals surface area contributed by atoms with Gasteiger partial charge in [-0.1, -0.05) is 68.4 Å². The first-order valence-electron chi connectivity index (χ1n) is 14.2. The van der Waals surface area contributed by atoms with Crippen molar-refractivity contribution in [3.8, 4) is 0 Å². The Balaban J connectivity index is 2.65. The van der Waals surface area contributed by atoms with Gasteiger partial charge in [-0.15, -0.1) is 0 Å². The minimum Gasteiger partial charge on any atom is -0.414 e. The van der Waals surface area contributed by atoms with Crippen LogP contribution in [0.5, 0.6) is 0 Å². The Bertz CT molecular complexity index is 1010. The summed E-state index contributed by atoms with van der Waals surface area (Å²) in [6.07, 6.45) is -1.59. The van der Waals surface area contributed by atoms with E-state index >= 15 is 0 Å². The quantitative estimate of drug-likeness (QED) is 0.298. The Kier molecular flexibility index (Phi) is 10.0. The van der Waals surface area contributed by atoms with Gasteiger partial charge < -0.3 is 23.7 Å². The molecule has 7 nitrogen and oxygen atoms in total. The maximum Gasteiger partial charge on any atom is 0.267 e. The van der Waals surface area contributed by atoms with Crippen LogP contribution in [0.3, 0.4) is 0 Å². The molecule has 0 bridgehead atoms. The van der Waals surface area contributed by atoms with E-state index < -0.39 is 43.1 Å². The highest BCUT2D eigenvalue weighted by Gasteiger charge is 2.55. The van der Waals surface area contributed by atoms with Crippen molar-refractivity contribution in [1.82, 2.24) is 4.98 Å². The third kappa shape index (κ3) is 7.90. The molecule has 0 aromatic carbocycles. The van der Waals surface area contributed by atoms with E-state index in [9.17, 15) is 4.79 Å². The lowest BCUT2D eigenvalue weighted by atomic mass is 10.1. The van der Waals surface area contributed by atoms with Gasteiger partial charge in [-0.3, -0.25) is 4.79 Å². The van der Waals surface area contributed by atoms with E-state index in [2.05, 4.69) is 107 Å². The van der Waals surface area contributed by atoms with Crippen molar-refractivity contribution < 1.29 is 22.8 Å². The largest absolute Gasteiger partial charge is 0.414 e. The lowest BCUT2D eigenvalue weighted by Crippen LogP contribution is -2.54. The molecule has 2 N–H and O–H groups in total.